The zero-order valence-corrected chi connectivity index (χ0v) is 11.8. The van der Waals surface area contributed by atoms with Gasteiger partial charge in [0.25, 0.3) is 0 Å². The summed E-state index contributed by atoms with van der Waals surface area (Å²) in [5, 5.41) is 14.4. The van der Waals surface area contributed by atoms with E-state index in [1.165, 1.54) is 0 Å². The molecule has 0 amide bonds. The molecule has 0 aliphatic carbocycles. The first-order valence-electron chi connectivity index (χ1n) is 6.89. The second kappa shape index (κ2) is 6.36. The summed E-state index contributed by atoms with van der Waals surface area (Å²) < 4.78 is 0. The van der Waals surface area contributed by atoms with E-state index in [1.54, 1.807) is 6.20 Å². The van der Waals surface area contributed by atoms with E-state index >= 15 is 0 Å². The number of anilines is 2. The minimum absolute atomic E-state index is 0.644. The van der Waals surface area contributed by atoms with Crippen molar-refractivity contribution in [3.8, 4) is 0 Å². The van der Waals surface area contributed by atoms with Gasteiger partial charge < -0.3 is 10.6 Å². The molecule has 0 saturated carbocycles. The van der Waals surface area contributed by atoms with E-state index < -0.39 is 0 Å². The maximum atomic E-state index is 4.51. The Bertz CT molecular complexity index is 519. The van der Waals surface area contributed by atoms with Gasteiger partial charge in [-0.3, -0.25) is 5.10 Å². The topological polar surface area (TPSA) is 78.5 Å². The standard InChI is InChI=1S/C13H22N6/c1-4-6-15-13-17-11(14-7-5-9(2)3)10-8-16-19-12(10)18-13/h8-9H,4-7H2,1-3H3,(H3,14,15,16,17,18,19). The van der Waals surface area contributed by atoms with Crippen LogP contribution in [0.15, 0.2) is 6.20 Å². The number of fused-ring (bicyclic) bond motifs is 1. The lowest BCUT2D eigenvalue weighted by molar-refractivity contribution is 0.607. The molecular formula is C13H22N6. The van der Waals surface area contributed by atoms with Gasteiger partial charge in [-0.1, -0.05) is 20.8 Å². The lowest BCUT2D eigenvalue weighted by atomic mass is 10.1. The third kappa shape index (κ3) is 3.56. The third-order valence-corrected chi connectivity index (χ3v) is 2.86. The van der Waals surface area contributed by atoms with Gasteiger partial charge in [-0.2, -0.15) is 15.1 Å². The first kappa shape index (κ1) is 13.6. The quantitative estimate of drug-likeness (QED) is 0.715. The van der Waals surface area contributed by atoms with Crippen molar-refractivity contribution in [2.24, 2.45) is 5.92 Å². The SMILES string of the molecule is CCCNc1nc(NCCC(C)C)c2cn[nH]c2n1. The van der Waals surface area contributed by atoms with Crippen molar-refractivity contribution in [1.82, 2.24) is 20.2 Å². The molecule has 0 radical (unpaired) electrons. The number of H-pyrrole nitrogens is 1. The largest absolute Gasteiger partial charge is 0.369 e. The molecule has 0 fully saturated rings. The molecule has 104 valence electrons. The fourth-order valence-corrected chi connectivity index (χ4v) is 1.76. The molecule has 0 aliphatic heterocycles. The number of rotatable bonds is 7. The number of nitrogens with one attached hydrogen (secondary N) is 3. The van der Waals surface area contributed by atoms with Gasteiger partial charge in [0.2, 0.25) is 5.95 Å². The van der Waals surface area contributed by atoms with Crippen LogP contribution in [0, 0.1) is 5.92 Å². The van der Waals surface area contributed by atoms with Gasteiger partial charge >= 0.3 is 0 Å². The van der Waals surface area contributed by atoms with E-state index in [-0.39, 0.29) is 0 Å². The summed E-state index contributed by atoms with van der Waals surface area (Å²) in [4.78, 5) is 8.91. The van der Waals surface area contributed by atoms with Crippen molar-refractivity contribution in [1.29, 1.82) is 0 Å². The van der Waals surface area contributed by atoms with E-state index in [0.29, 0.717) is 11.9 Å². The maximum Gasteiger partial charge on any atom is 0.226 e. The smallest absolute Gasteiger partial charge is 0.226 e. The number of aromatic nitrogens is 4. The molecule has 3 N–H and O–H groups in total. The van der Waals surface area contributed by atoms with E-state index in [1.807, 2.05) is 0 Å². The highest BCUT2D eigenvalue weighted by Gasteiger charge is 2.09. The van der Waals surface area contributed by atoms with Crippen molar-refractivity contribution >= 4 is 22.8 Å². The summed E-state index contributed by atoms with van der Waals surface area (Å²) in [6, 6.07) is 0. The predicted molar refractivity (Wildman–Crippen MR) is 78.4 cm³/mol. The lowest BCUT2D eigenvalue weighted by Gasteiger charge is -2.10. The molecule has 2 heterocycles. The van der Waals surface area contributed by atoms with Crippen molar-refractivity contribution in [3.05, 3.63) is 6.20 Å². The fraction of sp³-hybridized carbons (Fsp3) is 0.615. The highest BCUT2D eigenvalue weighted by Crippen LogP contribution is 2.20. The minimum atomic E-state index is 0.644. The van der Waals surface area contributed by atoms with Gasteiger partial charge in [0, 0.05) is 13.1 Å². The zero-order valence-electron chi connectivity index (χ0n) is 11.8. The number of nitrogens with zero attached hydrogens (tertiary/aromatic N) is 3. The molecule has 0 spiro atoms. The lowest BCUT2D eigenvalue weighted by Crippen LogP contribution is -2.10. The molecule has 2 aromatic rings. The number of hydrogen-bond donors (Lipinski definition) is 3. The Hall–Kier alpha value is -1.85. The Morgan fingerprint density at radius 3 is 2.79 bits per heavy atom. The van der Waals surface area contributed by atoms with Crippen molar-refractivity contribution in [2.75, 3.05) is 23.7 Å². The van der Waals surface area contributed by atoms with Crippen LogP contribution < -0.4 is 10.6 Å². The van der Waals surface area contributed by atoms with Crippen LogP contribution in [0.25, 0.3) is 11.0 Å². The van der Waals surface area contributed by atoms with Crippen LogP contribution in [0.2, 0.25) is 0 Å². The van der Waals surface area contributed by atoms with Crippen LogP contribution in [0.5, 0.6) is 0 Å². The summed E-state index contributed by atoms with van der Waals surface area (Å²) in [6.45, 7) is 8.31. The van der Waals surface area contributed by atoms with Crippen LogP contribution >= 0.6 is 0 Å². The second-order valence-corrected chi connectivity index (χ2v) is 5.06. The van der Waals surface area contributed by atoms with Gasteiger partial charge in [0.1, 0.15) is 5.82 Å². The predicted octanol–water partition coefficient (Wildman–Crippen LogP) is 2.63. The summed E-state index contributed by atoms with van der Waals surface area (Å²) in [6.07, 6.45) is 3.91. The second-order valence-electron chi connectivity index (χ2n) is 5.06. The fourth-order valence-electron chi connectivity index (χ4n) is 1.76. The van der Waals surface area contributed by atoms with E-state index in [9.17, 15) is 0 Å². The average Bonchev–Trinajstić information content (AvgIpc) is 2.84. The third-order valence-electron chi connectivity index (χ3n) is 2.86. The molecule has 0 saturated heterocycles. The first-order chi connectivity index (χ1) is 9.20. The summed E-state index contributed by atoms with van der Waals surface area (Å²) in [7, 11) is 0. The molecule has 6 nitrogen and oxygen atoms in total. The zero-order chi connectivity index (χ0) is 13.7. The van der Waals surface area contributed by atoms with Crippen LogP contribution in [0.1, 0.15) is 33.6 Å². The Morgan fingerprint density at radius 1 is 1.21 bits per heavy atom. The molecule has 0 atom stereocenters. The number of hydrogen-bond acceptors (Lipinski definition) is 5. The van der Waals surface area contributed by atoms with Crippen LogP contribution in [0.3, 0.4) is 0 Å². The van der Waals surface area contributed by atoms with Gasteiger partial charge in [0.15, 0.2) is 5.65 Å². The Kier molecular flexibility index (Phi) is 4.54. The van der Waals surface area contributed by atoms with Crippen LogP contribution in [0.4, 0.5) is 11.8 Å². The van der Waals surface area contributed by atoms with E-state index in [2.05, 4.69) is 51.6 Å². The molecule has 2 rings (SSSR count). The molecular weight excluding hydrogens is 240 g/mol. The Balaban J connectivity index is 2.16. The molecule has 6 heteroatoms. The molecule has 0 bridgehead atoms. The highest BCUT2D eigenvalue weighted by molar-refractivity contribution is 5.86. The van der Waals surface area contributed by atoms with E-state index in [4.69, 9.17) is 0 Å². The molecule has 0 aromatic carbocycles. The van der Waals surface area contributed by atoms with Gasteiger partial charge in [-0.05, 0) is 18.8 Å². The number of aromatic amines is 1. The molecule has 2 aromatic heterocycles. The Labute approximate surface area is 113 Å². The summed E-state index contributed by atoms with van der Waals surface area (Å²) in [5.74, 6) is 2.16. The summed E-state index contributed by atoms with van der Waals surface area (Å²) in [5.41, 5.74) is 0.764. The Morgan fingerprint density at radius 2 is 2.05 bits per heavy atom. The average molecular weight is 262 g/mol. The first-order valence-corrected chi connectivity index (χ1v) is 6.89. The van der Waals surface area contributed by atoms with E-state index in [0.717, 1.165) is 42.8 Å². The normalized spacial score (nSPS) is 11.2. The van der Waals surface area contributed by atoms with Crippen molar-refractivity contribution in [2.45, 2.75) is 33.6 Å². The van der Waals surface area contributed by atoms with Crippen molar-refractivity contribution < 1.29 is 0 Å². The summed E-state index contributed by atoms with van der Waals surface area (Å²) >= 11 is 0. The highest BCUT2D eigenvalue weighted by atomic mass is 15.2. The van der Waals surface area contributed by atoms with Gasteiger partial charge in [0.05, 0.1) is 11.6 Å². The molecule has 19 heavy (non-hydrogen) atoms. The van der Waals surface area contributed by atoms with Crippen LogP contribution in [-0.4, -0.2) is 33.3 Å². The van der Waals surface area contributed by atoms with Crippen LogP contribution in [-0.2, 0) is 0 Å². The monoisotopic (exact) mass is 262 g/mol. The molecule has 0 unspecified atom stereocenters. The minimum Gasteiger partial charge on any atom is -0.369 e. The molecule has 0 aliphatic rings. The van der Waals surface area contributed by atoms with Gasteiger partial charge in [-0.25, -0.2) is 0 Å². The van der Waals surface area contributed by atoms with Crippen molar-refractivity contribution in [3.63, 3.8) is 0 Å². The maximum absolute atomic E-state index is 4.51. The van der Waals surface area contributed by atoms with Gasteiger partial charge in [-0.15, -0.1) is 0 Å².